The van der Waals surface area contributed by atoms with Gasteiger partial charge in [-0.15, -0.1) is 0 Å². The average molecular weight is 485 g/mol. The van der Waals surface area contributed by atoms with Crippen molar-refractivity contribution in [1.29, 1.82) is 0 Å². The zero-order valence-electron chi connectivity index (χ0n) is 19.8. The van der Waals surface area contributed by atoms with Crippen LogP contribution in [0.25, 0.3) is 10.8 Å². The summed E-state index contributed by atoms with van der Waals surface area (Å²) in [6, 6.07) is 11.7. The van der Waals surface area contributed by atoms with Gasteiger partial charge in [-0.3, -0.25) is 0 Å². The normalized spacial score (nSPS) is 18.3. The average Bonchev–Trinajstić information content (AvgIpc) is 2.83. The highest BCUT2D eigenvalue weighted by Crippen LogP contribution is 2.39. The molecule has 3 aromatic carbocycles. The third-order valence-corrected chi connectivity index (χ3v) is 7.13. The molecule has 0 atom stereocenters. The molecule has 0 saturated heterocycles. The zero-order valence-corrected chi connectivity index (χ0v) is 19.8. The van der Waals surface area contributed by atoms with Gasteiger partial charge in [0.05, 0.1) is 11.1 Å². The van der Waals surface area contributed by atoms with Crippen LogP contribution in [0, 0.1) is 29.4 Å². The summed E-state index contributed by atoms with van der Waals surface area (Å²) in [7, 11) is 0. The first-order valence-corrected chi connectivity index (χ1v) is 12.4. The Labute approximate surface area is 203 Å². The van der Waals surface area contributed by atoms with Crippen LogP contribution in [0.3, 0.4) is 0 Å². The Bertz CT molecular complexity index is 1240. The third-order valence-electron chi connectivity index (χ3n) is 7.13. The Morgan fingerprint density at radius 3 is 2.31 bits per heavy atom. The van der Waals surface area contributed by atoms with Crippen LogP contribution in [0.5, 0.6) is 0 Å². The fourth-order valence-corrected chi connectivity index (χ4v) is 5.09. The van der Waals surface area contributed by atoms with E-state index >= 15 is 4.39 Å². The predicted octanol–water partition coefficient (Wildman–Crippen LogP) is 9.39. The molecule has 0 amide bonds. The van der Waals surface area contributed by atoms with Crippen LogP contribution in [0.2, 0.25) is 0 Å². The molecule has 0 unspecified atom stereocenters. The van der Waals surface area contributed by atoms with Gasteiger partial charge in [0.25, 0.3) is 0 Å². The summed E-state index contributed by atoms with van der Waals surface area (Å²) in [5.41, 5.74) is 0.0671. The number of alkyl halides is 3. The maximum atomic E-state index is 15.1. The maximum Gasteiger partial charge on any atom is 0.419 e. The van der Waals surface area contributed by atoms with Gasteiger partial charge in [-0.25, -0.2) is 8.78 Å². The van der Waals surface area contributed by atoms with E-state index in [0.717, 1.165) is 36.3 Å². The quantitative estimate of drug-likeness (QED) is 0.192. The predicted molar refractivity (Wildman–Crippen MR) is 130 cm³/mol. The second kappa shape index (κ2) is 10.8. The van der Waals surface area contributed by atoms with Crippen molar-refractivity contribution in [2.45, 2.75) is 70.4 Å². The van der Waals surface area contributed by atoms with Crippen molar-refractivity contribution < 1.29 is 22.0 Å². The molecule has 184 valence electrons. The highest BCUT2D eigenvalue weighted by molar-refractivity contribution is 5.85. The van der Waals surface area contributed by atoms with Crippen LogP contribution >= 0.6 is 0 Å². The van der Waals surface area contributed by atoms with Gasteiger partial charge < -0.3 is 0 Å². The minimum Gasteiger partial charge on any atom is -0.206 e. The Balaban J connectivity index is 1.48. The van der Waals surface area contributed by atoms with E-state index < -0.39 is 23.4 Å². The number of hydrogen-bond donors (Lipinski definition) is 0. The van der Waals surface area contributed by atoms with E-state index in [9.17, 15) is 17.6 Å². The first-order chi connectivity index (χ1) is 16.8. The summed E-state index contributed by atoms with van der Waals surface area (Å²) in [4.78, 5) is 0. The molecule has 4 rings (SSSR count). The molecule has 0 aromatic heterocycles. The molecular weight excluding hydrogens is 455 g/mol. The van der Waals surface area contributed by atoms with Crippen molar-refractivity contribution in [2.75, 3.05) is 0 Å². The number of hydrogen-bond acceptors (Lipinski definition) is 0. The molecule has 0 bridgehead atoms. The van der Waals surface area contributed by atoms with E-state index in [1.165, 1.54) is 44.1 Å². The molecule has 0 aliphatic heterocycles. The molecule has 0 N–H and O–H groups in total. The Hall–Kier alpha value is -2.87. The maximum absolute atomic E-state index is 15.1. The molecule has 35 heavy (non-hydrogen) atoms. The standard InChI is InChI=1S/C30H29F5/c1-2-3-4-5-20-6-10-22(11-7-20)24-15-16-26-25(19-24)14-13-23(29(26)32)12-8-21-9-17-27(28(31)18-21)30(33,34)35/h9,13-20,22H,2-7,10-11H2,1H3. The van der Waals surface area contributed by atoms with Crippen LogP contribution in [-0.2, 0) is 6.18 Å². The van der Waals surface area contributed by atoms with E-state index in [0.29, 0.717) is 17.4 Å². The van der Waals surface area contributed by atoms with Crippen LogP contribution in [0.4, 0.5) is 22.0 Å². The molecule has 0 spiro atoms. The van der Waals surface area contributed by atoms with Gasteiger partial charge in [-0.2, -0.15) is 13.2 Å². The highest BCUT2D eigenvalue weighted by Gasteiger charge is 2.33. The summed E-state index contributed by atoms with van der Waals surface area (Å²) in [5, 5.41) is 1.25. The van der Waals surface area contributed by atoms with Crippen LogP contribution in [-0.4, -0.2) is 0 Å². The SMILES string of the molecule is CCCCCC1CCC(c2ccc3c(F)c(C#Cc4ccc(C(F)(F)F)c(F)c4)ccc3c2)CC1. The van der Waals surface area contributed by atoms with Crippen molar-refractivity contribution in [3.8, 4) is 11.8 Å². The summed E-state index contributed by atoms with van der Waals surface area (Å²) >= 11 is 0. The minimum absolute atomic E-state index is 0.0515. The Morgan fingerprint density at radius 2 is 1.63 bits per heavy atom. The summed E-state index contributed by atoms with van der Waals surface area (Å²) in [6.45, 7) is 2.23. The number of fused-ring (bicyclic) bond motifs is 1. The number of benzene rings is 3. The van der Waals surface area contributed by atoms with E-state index in [1.807, 2.05) is 12.1 Å². The van der Waals surface area contributed by atoms with Gasteiger partial charge >= 0.3 is 6.18 Å². The Morgan fingerprint density at radius 1 is 0.857 bits per heavy atom. The third kappa shape index (κ3) is 6.04. The second-order valence-electron chi connectivity index (χ2n) is 9.56. The lowest BCUT2D eigenvalue weighted by molar-refractivity contribution is -0.140. The zero-order chi connectivity index (χ0) is 25.0. The fraction of sp³-hybridized carbons (Fsp3) is 0.400. The highest BCUT2D eigenvalue weighted by atomic mass is 19.4. The Kier molecular flexibility index (Phi) is 7.79. The molecule has 3 aromatic rings. The van der Waals surface area contributed by atoms with E-state index in [4.69, 9.17) is 0 Å². The van der Waals surface area contributed by atoms with Crippen molar-refractivity contribution in [2.24, 2.45) is 5.92 Å². The van der Waals surface area contributed by atoms with Crippen LogP contribution in [0.15, 0.2) is 48.5 Å². The number of halogens is 5. The molecule has 1 saturated carbocycles. The summed E-state index contributed by atoms with van der Waals surface area (Å²) in [5.74, 6) is 4.66. The summed E-state index contributed by atoms with van der Waals surface area (Å²) in [6.07, 6.45) is 5.27. The van der Waals surface area contributed by atoms with Crippen LogP contribution in [0.1, 0.15) is 86.5 Å². The largest absolute Gasteiger partial charge is 0.419 e. The van der Waals surface area contributed by atoms with Gasteiger partial charge in [0.15, 0.2) is 0 Å². The van der Waals surface area contributed by atoms with Crippen molar-refractivity contribution in [1.82, 2.24) is 0 Å². The fourth-order valence-electron chi connectivity index (χ4n) is 5.09. The van der Waals surface area contributed by atoms with Gasteiger partial charge in [-0.1, -0.05) is 68.7 Å². The van der Waals surface area contributed by atoms with Gasteiger partial charge in [-0.05, 0) is 72.7 Å². The topological polar surface area (TPSA) is 0 Å². The van der Waals surface area contributed by atoms with Gasteiger partial charge in [0.1, 0.15) is 11.6 Å². The van der Waals surface area contributed by atoms with E-state index in [2.05, 4.69) is 24.8 Å². The lowest BCUT2D eigenvalue weighted by atomic mass is 9.77. The van der Waals surface area contributed by atoms with Crippen molar-refractivity contribution in [3.63, 3.8) is 0 Å². The van der Waals surface area contributed by atoms with Crippen LogP contribution < -0.4 is 0 Å². The lowest BCUT2D eigenvalue weighted by Crippen LogP contribution is -2.13. The first-order valence-electron chi connectivity index (χ1n) is 12.4. The lowest BCUT2D eigenvalue weighted by Gasteiger charge is -2.29. The second-order valence-corrected chi connectivity index (χ2v) is 9.56. The molecule has 1 aliphatic carbocycles. The van der Waals surface area contributed by atoms with Gasteiger partial charge in [0, 0.05) is 10.9 Å². The number of unbranched alkanes of at least 4 members (excludes halogenated alkanes) is 2. The molecule has 1 aliphatic rings. The monoisotopic (exact) mass is 484 g/mol. The summed E-state index contributed by atoms with van der Waals surface area (Å²) < 4.78 is 67.1. The molecule has 1 fully saturated rings. The first kappa shape index (κ1) is 25.2. The molecule has 0 nitrogen and oxygen atoms in total. The molecule has 0 heterocycles. The number of rotatable bonds is 5. The van der Waals surface area contributed by atoms with Crippen molar-refractivity contribution >= 4 is 10.8 Å². The minimum atomic E-state index is -4.77. The molecular formula is C30H29F5. The molecule has 0 radical (unpaired) electrons. The smallest absolute Gasteiger partial charge is 0.206 e. The van der Waals surface area contributed by atoms with E-state index in [1.54, 1.807) is 12.1 Å². The van der Waals surface area contributed by atoms with Crippen molar-refractivity contribution in [3.05, 3.63) is 82.4 Å². The molecule has 5 heteroatoms. The van der Waals surface area contributed by atoms with Gasteiger partial charge in [0.2, 0.25) is 0 Å². The van der Waals surface area contributed by atoms with E-state index in [-0.39, 0.29) is 11.1 Å².